The van der Waals surface area contributed by atoms with Crippen LogP contribution >= 0.6 is 11.6 Å². The van der Waals surface area contributed by atoms with Gasteiger partial charge in [0.05, 0.1) is 0 Å². The van der Waals surface area contributed by atoms with Crippen molar-refractivity contribution in [3.63, 3.8) is 0 Å². The second-order valence-electron chi connectivity index (χ2n) is 7.82. The number of aryl methyl sites for hydroxylation is 3. The molecule has 3 aromatic rings. The Hall–Kier alpha value is -2.46. The first-order valence-corrected chi connectivity index (χ1v) is 10.2. The summed E-state index contributed by atoms with van der Waals surface area (Å²) in [6.07, 6.45) is 3.92. The molecule has 1 aliphatic heterocycles. The van der Waals surface area contributed by atoms with Crippen LogP contribution in [-0.4, -0.2) is 6.73 Å². The van der Waals surface area contributed by atoms with E-state index in [0.29, 0.717) is 12.3 Å². The van der Waals surface area contributed by atoms with Crippen LogP contribution in [-0.2, 0) is 19.4 Å². The van der Waals surface area contributed by atoms with E-state index in [4.69, 9.17) is 20.8 Å². The van der Waals surface area contributed by atoms with E-state index in [9.17, 15) is 4.79 Å². The lowest BCUT2D eigenvalue weighted by atomic mass is 9.89. The van der Waals surface area contributed by atoms with E-state index in [1.165, 1.54) is 5.56 Å². The van der Waals surface area contributed by atoms with Gasteiger partial charge < -0.3 is 14.1 Å². The van der Waals surface area contributed by atoms with E-state index in [-0.39, 0.29) is 5.63 Å². The van der Waals surface area contributed by atoms with E-state index >= 15 is 0 Å². The Morgan fingerprint density at radius 3 is 2.68 bits per heavy atom. The molecule has 144 valence electrons. The van der Waals surface area contributed by atoms with Crippen LogP contribution in [0.25, 0.3) is 11.0 Å². The van der Waals surface area contributed by atoms with Crippen LogP contribution in [0.2, 0.25) is 5.02 Å². The number of fused-ring (bicyclic) bond motifs is 4. The van der Waals surface area contributed by atoms with Gasteiger partial charge in [0.2, 0.25) is 0 Å². The van der Waals surface area contributed by atoms with Crippen LogP contribution in [0, 0.1) is 13.8 Å². The fourth-order valence-corrected chi connectivity index (χ4v) is 4.75. The molecular weight excluding hydrogens is 374 g/mol. The molecule has 28 heavy (non-hydrogen) atoms. The number of benzene rings is 2. The summed E-state index contributed by atoms with van der Waals surface area (Å²) in [7, 11) is 0. The SMILES string of the molecule is Cc1ccc(Cl)cc1N1COc2c(cc3c4c(c(=O)oc3c2C)CCCC4)C1. The van der Waals surface area contributed by atoms with Crippen molar-refractivity contribution in [2.45, 2.75) is 46.1 Å². The third-order valence-corrected chi connectivity index (χ3v) is 6.24. The zero-order valence-electron chi connectivity index (χ0n) is 16.1. The maximum atomic E-state index is 12.5. The first-order chi connectivity index (χ1) is 13.5. The van der Waals surface area contributed by atoms with Crippen LogP contribution in [0.5, 0.6) is 5.75 Å². The second-order valence-corrected chi connectivity index (χ2v) is 8.26. The first kappa shape index (κ1) is 17.6. The quantitative estimate of drug-likeness (QED) is 0.524. The van der Waals surface area contributed by atoms with Gasteiger partial charge in [-0.15, -0.1) is 0 Å². The molecule has 2 aliphatic rings. The Bertz CT molecular complexity index is 1160. The van der Waals surface area contributed by atoms with Gasteiger partial charge in [0.15, 0.2) is 6.73 Å². The van der Waals surface area contributed by atoms with E-state index in [1.54, 1.807) is 0 Å². The highest BCUT2D eigenvalue weighted by Crippen LogP contribution is 2.39. The molecule has 0 fully saturated rings. The highest BCUT2D eigenvalue weighted by Gasteiger charge is 2.26. The predicted octanol–water partition coefficient (Wildman–Crippen LogP) is 5.30. The van der Waals surface area contributed by atoms with E-state index in [2.05, 4.69) is 17.9 Å². The van der Waals surface area contributed by atoms with Gasteiger partial charge >= 0.3 is 5.63 Å². The number of hydrogen-bond donors (Lipinski definition) is 0. The van der Waals surface area contributed by atoms with Crippen molar-refractivity contribution in [3.8, 4) is 5.75 Å². The van der Waals surface area contributed by atoms with Gasteiger partial charge in [-0.05, 0) is 68.9 Å². The standard InChI is InChI=1S/C23H22ClNO3/c1-13-7-8-16(24)10-20(13)25-11-15-9-19-17-5-3-4-6-18(17)23(26)28-22(19)14(2)21(15)27-12-25/h7-10H,3-6,11-12H2,1-2H3. The highest BCUT2D eigenvalue weighted by atomic mass is 35.5. The van der Waals surface area contributed by atoms with Gasteiger partial charge in [0.1, 0.15) is 11.3 Å². The molecule has 5 rings (SSSR count). The molecule has 0 spiro atoms. The Labute approximate surface area is 168 Å². The van der Waals surface area contributed by atoms with Crippen molar-refractivity contribution in [2.24, 2.45) is 0 Å². The summed E-state index contributed by atoms with van der Waals surface area (Å²) in [5.74, 6) is 0.836. The molecular formula is C23H22ClNO3. The van der Waals surface area contributed by atoms with Crippen LogP contribution in [0.4, 0.5) is 5.69 Å². The minimum Gasteiger partial charge on any atom is -0.472 e. The molecule has 5 heteroatoms. The van der Waals surface area contributed by atoms with Gasteiger partial charge in [-0.3, -0.25) is 0 Å². The van der Waals surface area contributed by atoms with Gasteiger partial charge in [-0.25, -0.2) is 4.79 Å². The molecule has 2 heterocycles. The molecule has 0 N–H and O–H groups in total. The smallest absolute Gasteiger partial charge is 0.339 e. The van der Waals surface area contributed by atoms with Crippen molar-refractivity contribution >= 4 is 28.3 Å². The van der Waals surface area contributed by atoms with E-state index in [0.717, 1.165) is 76.3 Å². The fourth-order valence-electron chi connectivity index (χ4n) is 4.58. The van der Waals surface area contributed by atoms with Crippen molar-refractivity contribution in [1.29, 1.82) is 0 Å². The molecule has 0 amide bonds. The lowest BCUT2D eigenvalue weighted by Gasteiger charge is -2.33. The molecule has 4 nitrogen and oxygen atoms in total. The van der Waals surface area contributed by atoms with Gasteiger partial charge in [-0.2, -0.15) is 0 Å². The molecule has 0 atom stereocenters. The maximum absolute atomic E-state index is 12.5. The second kappa shape index (κ2) is 6.56. The molecule has 0 saturated carbocycles. The largest absolute Gasteiger partial charge is 0.472 e. The average molecular weight is 396 g/mol. The van der Waals surface area contributed by atoms with Crippen LogP contribution in [0.15, 0.2) is 33.5 Å². The summed E-state index contributed by atoms with van der Waals surface area (Å²) >= 11 is 6.22. The number of nitrogens with zero attached hydrogens (tertiary/aromatic N) is 1. The van der Waals surface area contributed by atoms with Gasteiger partial charge in [0, 0.05) is 39.3 Å². The molecule has 0 unspecified atom stereocenters. The van der Waals surface area contributed by atoms with Crippen LogP contribution in [0.1, 0.15) is 40.7 Å². The summed E-state index contributed by atoms with van der Waals surface area (Å²) in [5, 5.41) is 1.79. The summed E-state index contributed by atoms with van der Waals surface area (Å²) in [4.78, 5) is 14.7. The first-order valence-electron chi connectivity index (χ1n) is 9.78. The van der Waals surface area contributed by atoms with Gasteiger partial charge in [0.25, 0.3) is 0 Å². The summed E-state index contributed by atoms with van der Waals surface area (Å²) in [5.41, 5.74) is 6.80. The Morgan fingerprint density at radius 1 is 1.07 bits per heavy atom. The zero-order chi connectivity index (χ0) is 19.4. The number of halogens is 1. The zero-order valence-corrected chi connectivity index (χ0v) is 16.9. The minimum absolute atomic E-state index is 0.183. The fraction of sp³-hybridized carbons (Fsp3) is 0.348. The third kappa shape index (κ3) is 2.70. The van der Waals surface area contributed by atoms with Crippen molar-refractivity contribution < 1.29 is 9.15 Å². The Balaban J connectivity index is 1.66. The van der Waals surface area contributed by atoms with E-state index < -0.39 is 0 Å². The number of hydrogen-bond acceptors (Lipinski definition) is 4. The molecule has 0 bridgehead atoms. The van der Waals surface area contributed by atoms with E-state index in [1.807, 2.05) is 25.1 Å². The Morgan fingerprint density at radius 2 is 1.86 bits per heavy atom. The molecule has 1 aromatic heterocycles. The maximum Gasteiger partial charge on any atom is 0.339 e. The highest BCUT2D eigenvalue weighted by molar-refractivity contribution is 6.30. The van der Waals surface area contributed by atoms with Crippen molar-refractivity contribution in [2.75, 3.05) is 11.6 Å². The van der Waals surface area contributed by atoms with Gasteiger partial charge in [-0.1, -0.05) is 17.7 Å². The van der Waals surface area contributed by atoms with Crippen molar-refractivity contribution in [1.82, 2.24) is 0 Å². The number of rotatable bonds is 1. The molecule has 1 aliphatic carbocycles. The summed E-state index contributed by atoms with van der Waals surface area (Å²) in [6, 6.07) is 8.09. The number of anilines is 1. The third-order valence-electron chi connectivity index (χ3n) is 6.01. The molecule has 0 radical (unpaired) electrons. The monoisotopic (exact) mass is 395 g/mol. The van der Waals surface area contributed by atoms with Crippen LogP contribution in [0.3, 0.4) is 0 Å². The molecule has 2 aromatic carbocycles. The normalized spacial score (nSPS) is 15.9. The average Bonchev–Trinajstić information content (AvgIpc) is 2.71. The molecule has 0 saturated heterocycles. The topological polar surface area (TPSA) is 42.7 Å². The summed E-state index contributed by atoms with van der Waals surface area (Å²) < 4.78 is 11.9. The predicted molar refractivity (Wildman–Crippen MR) is 112 cm³/mol. The lowest BCUT2D eigenvalue weighted by Crippen LogP contribution is -2.33. The van der Waals surface area contributed by atoms with Crippen LogP contribution < -0.4 is 15.3 Å². The minimum atomic E-state index is -0.183. The summed E-state index contributed by atoms with van der Waals surface area (Å²) in [6.45, 7) is 5.24. The Kier molecular flexibility index (Phi) is 4.13. The van der Waals surface area contributed by atoms with Crippen molar-refractivity contribution in [3.05, 3.63) is 67.5 Å². The lowest BCUT2D eigenvalue weighted by molar-refractivity contribution is 0.287. The number of ether oxygens (including phenoxy) is 1.